The number of amides is 3. The lowest BCUT2D eigenvalue weighted by molar-refractivity contribution is -0.143. The van der Waals surface area contributed by atoms with Gasteiger partial charge in [-0.2, -0.15) is 0 Å². The molecule has 0 unspecified atom stereocenters. The number of aliphatic hydroxyl groups is 1. The first kappa shape index (κ1) is 25.9. The molecule has 3 N–H and O–H groups in total. The number of aryl methyl sites for hydroxylation is 2. The van der Waals surface area contributed by atoms with Gasteiger partial charge in [-0.3, -0.25) is 14.4 Å². The molecule has 7 nitrogen and oxygen atoms in total. The number of hydrogen-bond acceptors (Lipinski definition) is 5. The van der Waals surface area contributed by atoms with Crippen LogP contribution in [0.5, 0.6) is 0 Å². The third kappa shape index (κ3) is 5.85. The summed E-state index contributed by atoms with van der Waals surface area (Å²) in [4.78, 5) is 40.7. The van der Waals surface area contributed by atoms with Crippen LogP contribution in [0, 0.1) is 19.3 Å². The number of thiophene rings is 1. The average molecular weight is 486 g/mol. The molecule has 3 rings (SSSR count). The minimum atomic E-state index is -0.791. The maximum Gasteiger partial charge on any atom is 0.246 e. The zero-order valence-electron chi connectivity index (χ0n) is 20.8. The van der Waals surface area contributed by atoms with Crippen LogP contribution < -0.4 is 10.6 Å². The number of likely N-dealkylation sites (tertiary alicyclic amines) is 1. The van der Waals surface area contributed by atoms with Crippen molar-refractivity contribution >= 4 is 29.1 Å². The lowest BCUT2D eigenvalue weighted by Crippen LogP contribution is -2.57. The fourth-order valence-electron chi connectivity index (χ4n) is 4.33. The number of nitrogens with zero attached hydrogens (tertiary/aromatic N) is 1. The van der Waals surface area contributed by atoms with Gasteiger partial charge in [-0.1, -0.05) is 39.0 Å². The molecular formula is C26H35N3O4S. The molecule has 8 heteroatoms. The molecule has 0 saturated carbocycles. The number of rotatable bonds is 6. The Balaban J connectivity index is 1.71. The molecule has 1 saturated heterocycles. The largest absolute Gasteiger partial charge is 0.391 e. The van der Waals surface area contributed by atoms with Crippen molar-refractivity contribution in [2.75, 3.05) is 6.54 Å². The quantitative estimate of drug-likeness (QED) is 0.585. The van der Waals surface area contributed by atoms with E-state index in [4.69, 9.17) is 0 Å². The Kier molecular flexibility index (Phi) is 7.83. The second-order valence-corrected chi connectivity index (χ2v) is 11.1. The van der Waals surface area contributed by atoms with Gasteiger partial charge in [0.05, 0.1) is 6.10 Å². The summed E-state index contributed by atoms with van der Waals surface area (Å²) in [6.45, 7) is 11.4. The summed E-state index contributed by atoms with van der Waals surface area (Å²) < 4.78 is 0. The summed E-state index contributed by atoms with van der Waals surface area (Å²) in [6, 6.07) is 6.72. The molecule has 0 radical (unpaired) electrons. The maximum atomic E-state index is 13.3. The van der Waals surface area contributed by atoms with Crippen LogP contribution in [0.2, 0.25) is 0 Å². The van der Waals surface area contributed by atoms with Crippen molar-refractivity contribution in [3.63, 3.8) is 0 Å². The molecule has 1 fully saturated rings. The summed E-state index contributed by atoms with van der Waals surface area (Å²) in [5.74, 6) is -0.977. The van der Waals surface area contributed by atoms with Crippen LogP contribution in [0.1, 0.15) is 50.8 Å². The smallest absolute Gasteiger partial charge is 0.246 e. The monoisotopic (exact) mass is 485 g/mol. The highest BCUT2D eigenvalue weighted by Crippen LogP contribution is 2.30. The third-order valence-electron chi connectivity index (χ3n) is 6.25. The zero-order chi connectivity index (χ0) is 25.2. The molecule has 3 amide bonds. The highest BCUT2D eigenvalue weighted by molar-refractivity contribution is 7.13. The van der Waals surface area contributed by atoms with E-state index in [-0.39, 0.29) is 30.7 Å². The van der Waals surface area contributed by atoms with Crippen molar-refractivity contribution in [1.82, 2.24) is 15.5 Å². The second kappa shape index (κ2) is 10.3. The zero-order valence-corrected chi connectivity index (χ0v) is 21.6. The maximum absolute atomic E-state index is 13.3. The minimum absolute atomic E-state index is 0.0664. The van der Waals surface area contributed by atoms with Crippen molar-refractivity contribution < 1.29 is 19.5 Å². The Labute approximate surface area is 205 Å². The van der Waals surface area contributed by atoms with Gasteiger partial charge in [-0.15, -0.1) is 11.3 Å². The number of hydrogen-bond donors (Lipinski definition) is 3. The van der Waals surface area contributed by atoms with Crippen LogP contribution >= 0.6 is 11.3 Å². The van der Waals surface area contributed by atoms with Crippen molar-refractivity contribution in [2.24, 2.45) is 5.41 Å². The Hall–Kier alpha value is -2.71. The van der Waals surface area contributed by atoms with E-state index in [2.05, 4.69) is 41.1 Å². The molecule has 1 aromatic carbocycles. The lowest BCUT2D eigenvalue weighted by Gasteiger charge is -2.35. The molecule has 2 aromatic rings. The molecule has 3 atom stereocenters. The van der Waals surface area contributed by atoms with Crippen LogP contribution in [0.3, 0.4) is 0 Å². The van der Waals surface area contributed by atoms with E-state index in [1.807, 2.05) is 33.8 Å². The van der Waals surface area contributed by atoms with Crippen LogP contribution in [0.4, 0.5) is 0 Å². The summed E-state index contributed by atoms with van der Waals surface area (Å²) >= 11 is 1.71. The summed E-state index contributed by atoms with van der Waals surface area (Å²) in [7, 11) is 0. The lowest BCUT2D eigenvalue weighted by atomic mass is 9.85. The van der Waals surface area contributed by atoms with Gasteiger partial charge in [-0.05, 0) is 53.0 Å². The van der Waals surface area contributed by atoms with Gasteiger partial charge < -0.3 is 20.6 Å². The molecule has 0 bridgehead atoms. The van der Waals surface area contributed by atoms with Gasteiger partial charge in [0.2, 0.25) is 17.7 Å². The molecular weight excluding hydrogens is 450 g/mol. The predicted molar refractivity (Wildman–Crippen MR) is 134 cm³/mol. The fourth-order valence-corrected chi connectivity index (χ4v) is 5.25. The number of aliphatic hydroxyl groups excluding tert-OH is 1. The summed E-state index contributed by atoms with van der Waals surface area (Å²) in [5, 5.41) is 18.0. The van der Waals surface area contributed by atoms with Gasteiger partial charge >= 0.3 is 0 Å². The summed E-state index contributed by atoms with van der Waals surface area (Å²) in [6.07, 6.45) is -0.614. The molecule has 1 aromatic heterocycles. The SMILES string of the molecule is CC(=O)N[C@H](C(=O)N1C[C@H](O)C[C@H]1C(=O)NCc1ccc(-c2sccc2C)cc1C)C(C)(C)C. The van der Waals surface area contributed by atoms with Crippen LogP contribution in [0.15, 0.2) is 29.6 Å². The second-order valence-electron chi connectivity index (χ2n) is 10.2. The number of β-amino-alcohol motifs (C(OH)–C–C–N with tert-alkyl or cyclic N) is 1. The van der Waals surface area contributed by atoms with E-state index in [1.54, 1.807) is 11.3 Å². The first-order valence-electron chi connectivity index (χ1n) is 11.6. The van der Waals surface area contributed by atoms with E-state index in [0.717, 1.165) is 16.7 Å². The standard InChI is InChI=1S/C26H35N3O4S/c1-15-9-10-34-22(15)18-7-8-19(16(2)11-18)13-27-24(32)21-12-20(31)14-29(21)25(33)23(26(4,5)6)28-17(3)30/h7-11,20-21,23,31H,12-14H2,1-6H3,(H,27,32)(H,28,30)/t20-,21+,23-/m1/s1. The van der Waals surface area contributed by atoms with E-state index < -0.39 is 23.6 Å². The van der Waals surface area contributed by atoms with Crippen LogP contribution in [-0.2, 0) is 20.9 Å². The van der Waals surface area contributed by atoms with Crippen molar-refractivity contribution in [2.45, 2.75) is 72.7 Å². The van der Waals surface area contributed by atoms with Crippen LogP contribution in [-0.4, -0.2) is 52.5 Å². The molecule has 0 spiro atoms. The molecule has 1 aliphatic rings. The van der Waals surface area contributed by atoms with Crippen LogP contribution in [0.25, 0.3) is 10.4 Å². The van der Waals surface area contributed by atoms with E-state index in [0.29, 0.717) is 6.54 Å². The van der Waals surface area contributed by atoms with Gasteiger partial charge in [0.1, 0.15) is 12.1 Å². The van der Waals surface area contributed by atoms with E-state index in [9.17, 15) is 19.5 Å². The third-order valence-corrected chi connectivity index (χ3v) is 7.31. The first-order chi connectivity index (χ1) is 15.9. The molecule has 34 heavy (non-hydrogen) atoms. The Morgan fingerprint density at radius 3 is 2.44 bits per heavy atom. The number of nitrogens with one attached hydrogen (secondary N) is 2. The average Bonchev–Trinajstić information content (AvgIpc) is 3.35. The first-order valence-corrected chi connectivity index (χ1v) is 12.4. The molecule has 0 aliphatic carbocycles. The fraction of sp³-hybridized carbons (Fsp3) is 0.500. The Morgan fingerprint density at radius 1 is 1.18 bits per heavy atom. The summed E-state index contributed by atoms with van der Waals surface area (Å²) in [5.41, 5.74) is 3.92. The molecule has 1 aliphatic heterocycles. The number of benzene rings is 1. The van der Waals surface area contributed by atoms with Crippen molar-refractivity contribution in [3.8, 4) is 10.4 Å². The molecule has 2 heterocycles. The predicted octanol–water partition coefficient (Wildman–Crippen LogP) is 3.16. The van der Waals surface area contributed by atoms with E-state index >= 15 is 0 Å². The normalized spacial score (nSPS) is 19.1. The van der Waals surface area contributed by atoms with Gasteiger partial charge in [-0.25, -0.2) is 0 Å². The van der Waals surface area contributed by atoms with Crippen molar-refractivity contribution in [3.05, 3.63) is 46.3 Å². The van der Waals surface area contributed by atoms with Gasteiger partial charge in [0.15, 0.2) is 0 Å². The van der Waals surface area contributed by atoms with Gasteiger partial charge in [0, 0.05) is 31.3 Å². The van der Waals surface area contributed by atoms with Gasteiger partial charge in [0.25, 0.3) is 0 Å². The number of carbonyl (C=O) groups excluding carboxylic acids is 3. The molecule has 184 valence electrons. The minimum Gasteiger partial charge on any atom is -0.391 e. The highest BCUT2D eigenvalue weighted by atomic mass is 32.1. The Bertz CT molecular complexity index is 1070. The number of carbonyl (C=O) groups is 3. The Morgan fingerprint density at radius 2 is 1.88 bits per heavy atom. The topological polar surface area (TPSA) is 98.7 Å². The highest BCUT2D eigenvalue weighted by Gasteiger charge is 2.44. The van der Waals surface area contributed by atoms with Crippen molar-refractivity contribution in [1.29, 1.82) is 0 Å². The van der Waals surface area contributed by atoms with E-state index in [1.165, 1.54) is 22.3 Å².